The number of ketones is 1. The summed E-state index contributed by atoms with van der Waals surface area (Å²) in [5.41, 5.74) is 0.991. The number of thioether (sulfide) groups is 1. The predicted octanol–water partition coefficient (Wildman–Crippen LogP) is 4.28. The summed E-state index contributed by atoms with van der Waals surface area (Å²) in [6.07, 6.45) is 1.07. The maximum Gasteiger partial charge on any atom is 0.274 e. The Balaban J connectivity index is 1.76. The molecule has 5 nitrogen and oxygen atoms in total. The molecule has 2 heterocycles. The fraction of sp³-hybridized carbons (Fsp3) is 0.500. The Hall–Kier alpha value is -1.37. The van der Waals surface area contributed by atoms with Crippen molar-refractivity contribution in [3.63, 3.8) is 0 Å². The van der Waals surface area contributed by atoms with Gasteiger partial charge < -0.3 is 14.9 Å². The highest BCUT2D eigenvalue weighted by molar-refractivity contribution is 7.99. The van der Waals surface area contributed by atoms with E-state index in [2.05, 4.69) is 13.8 Å². The zero-order chi connectivity index (χ0) is 20.4. The minimum absolute atomic E-state index is 0.0410. The molecule has 0 radical (unpaired) electrons. The lowest BCUT2D eigenvalue weighted by atomic mass is 9.96. The van der Waals surface area contributed by atoms with Gasteiger partial charge in [0.05, 0.1) is 10.0 Å². The van der Waals surface area contributed by atoms with E-state index in [0.29, 0.717) is 34.9 Å². The third-order valence-electron chi connectivity index (χ3n) is 5.00. The zero-order valence-electron chi connectivity index (χ0n) is 16.0. The average Bonchev–Trinajstić information content (AvgIpc) is 2.63. The maximum atomic E-state index is 13.0. The number of allylic oxidation sites excluding steroid dienone is 1. The van der Waals surface area contributed by atoms with E-state index in [9.17, 15) is 14.7 Å². The van der Waals surface area contributed by atoms with Crippen LogP contribution in [0, 0.1) is 0 Å². The van der Waals surface area contributed by atoms with Crippen molar-refractivity contribution in [2.45, 2.75) is 44.5 Å². The first-order valence-electron chi connectivity index (χ1n) is 9.35. The molecule has 0 aromatic heterocycles. The van der Waals surface area contributed by atoms with Crippen LogP contribution in [0.2, 0.25) is 10.0 Å². The van der Waals surface area contributed by atoms with Crippen molar-refractivity contribution >= 4 is 46.7 Å². The number of fused-ring (bicyclic) bond motifs is 1. The average molecular weight is 443 g/mol. The smallest absolute Gasteiger partial charge is 0.274 e. The van der Waals surface area contributed by atoms with Crippen LogP contribution in [0.4, 0.5) is 0 Å². The summed E-state index contributed by atoms with van der Waals surface area (Å²) in [4.78, 5) is 28.9. The standard InChI is InChI=1S/C20H24Cl2N2O3S/c1-12(2)28-8-5-14-10-17(25)19(26)18-20(27)23(6-7-24(14)18)11-13-3-4-15(21)16(22)9-13/h3-4,9,12,14,26H,5-8,10-11H2,1-2H3. The van der Waals surface area contributed by atoms with Crippen molar-refractivity contribution < 1.29 is 14.7 Å². The van der Waals surface area contributed by atoms with Crippen LogP contribution in [0.25, 0.3) is 0 Å². The van der Waals surface area contributed by atoms with Gasteiger partial charge in [0.25, 0.3) is 5.91 Å². The lowest BCUT2D eigenvalue weighted by Crippen LogP contribution is -2.55. The van der Waals surface area contributed by atoms with E-state index in [1.807, 2.05) is 22.7 Å². The summed E-state index contributed by atoms with van der Waals surface area (Å²) in [5.74, 6) is -0.155. The number of halogens is 2. The fourth-order valence-corrected chi connectivity index (χ4v) is 4.78. The lowest BCUT2D eigenvalue weighted by molar-refractivity contribution is -0.136. The summed E-state index contributed by atoms with van der Waals surface area (Å²) >= 11 is 13.9. The van der Waals surface area contributed by atoms with Crippen LogP contribution in [-0.2, 0) is 16.1 Å². The van der Waals surface area contributed by atoms with Gasteiger partial charge in [0.2, 0.25) is 5.78 Å². The number of nitrogens with zero attached hydrogens (tertiary/aromatic N) is 2. The number of amides is 1. The molecule has 0 aliphatic carbocycles. The monoisotopic (exact) mass is 442 g/mol. The molecule has 8 heteroatoms. The molecule has 1 saturated heterocycles. The number of benzene rings is 1. The van der Waals surface area contributed by atoms with E-state index in [1.165, 1.54) is 0 Å². The first-order valence-corrected chi connectivity index (χ1v) is 11.2. The molecule has 0 saturated carbocycles. The largest absolute Gasteiger partial charge is 0.503 e. The molecular formula is C20H24Cl2N2O3S. The van der Waals surface area contributed by atoms with Gasteiger partial charge >= 0.3 is 0 Å². The van der Waals surface area contributed by atoms with E-state index in [0.717, 1.165) is 17.7 Å². The SMILES string of the molecule is CC(C)SCCC1CC(=O)C(O)=C2C(=O)N(Cc3ccc(Cl)c(Cl)c3)CCN21. The molecule has 1 amide bonds. The van der Waals surface area contributed by atoms with Crippen molar-refractivity contribution in [3.8, 4) is 0 Å². The van der Waals surface area contributed by atoms with Crippen LogP contribution < -0.4 is 0 Å². The first kappa shape index (κ1) is 21.3. The number of carbonyl (C=O) groups excluding carboxylic acids is 2. The third kappa shape index (κ3) is 4.61. The van der Waals surface area contributed by atoms with Crippen LogP contribution >= 0.6 is 35.0 Å². The van der Waals surface area contributed by atoms with Crippen LogP contribution in [0.3, 0.4) is 0 Å². The van der Waals surface area contributed by atoms with Gasteiger partial charge in [0.15, 0.2) is 5.76 Å². The number of Topliss-reactive ketones (excluding diaryl/α,β-unsaturated/α-hetero) is 1. The number of aliphatic hydroxyl groups excluding tert-OH is 1. The van der Waals surface area contributed by atoms with Gasteiger partial charge in [-0.3, -0.25) is 9.59 Å². The molecule has 28 heavy (non-hydrogen) atoms. The summed E-state index contributed by atoms with van der Waals surface area (Å²) in [7, 11) is 0. The topological polar surface area (TPSA) is 60.9 Å². The van der Waals surface area contributed by atoms with Gasteiger partial charge in [-0.2, -0.15) is 11.8 Å². The Bertz CT molecular complexity index is 813. The van der Waals surface area contributed by atoms with Crippen LogP contribution in [0.15, 0.2) is 29.7 Å². The van der Waals surface area contributed by atoms with Crippen LogP contribution in [0.1, 0.15) is 32.3 Å². The molecule has 0 spiro atoms. The molecule has 3 rings (SSSR count). The van der Waals surface area contributed by atoms with Crippen LogP contribution in [0.5, 0.6) is 0 Å². The quantitative estimate of drug-likeness (QED) is 0.711. The Kier molecular flexibility index (Phi) is 6.84. The second kappa shape index (κ2) is 8.97. The Morgan fingerprint density at radius 2 is 1.96 bits per heavy atom. The van der Waals surface area contributed by atoms with E-state index in [-0.39, 0.29) is 29.9 Å². The minimum atomic E-state index is -0.406. The number of carbonyl (C=O) groups is 2. The molecule has 1 fully saturated rings. The molecule has 1 aromatic carbocycles. The summed E-state index contributed by atoms with van der Waals surface area (Å²) in [6.45, 7) is 5.75. The lowest BCUT2D eigenvalue weighted by Gasteiger charge is -2.44. The second-order valence-electron chi connectivity index (χ2n) is 7.36. The van der Waals surface area contributed by atoms with Crippen molar-refractivity contribution in [1.29, 1.82) is 0 Å². The Morgan fingerprint density at radius 1 is 1.21 bits per heavy atom. The van der Waals surface area contributed by atoms with Crippen LogP contribution in [-0.4, -0.2) is 56.7 Å². The molecule has 2 aliphatic heterocycles. The predicted molar refractivity (Wildman–Crippen MR) is 114 cm³/mol. The van der Waals surface area contributed by atoms with Gasteiger partial charge in [-0.05, 0) is 35.1 Å². The number of rotatable bonds is 6. The van der Waals surface area contributed by atoms with Crippen molar-refractivity contribution in [2.24, 2.45) is 0 Å². The summed E-state index contributed by atoms with van der Waals surface area (Å²) < 4.78 is 0. The second-order valence-corrected chi connectivity index (χ2v) is 9.85. The maximum absolute atomic E-state index is 13.0. The minimum Gasteiger partial charge on any atom is -0.503 e. The molecule has 152 valence electrons. The number of hydrogen-bond donors (Lipinski definition) is 1. The van der Waals surface area contributed by atoms with Gasteiger partial charge in [-0.1, -0.05) is 43.1 Å². The highest BCUT2D eigenvalue weighted by atomic mass is 35.5. The highest BCUT2D eigenvalue weighted by Crippen LogP contribution is 2.31. The summed E-state index contributed by atoms with van der Waals surface area (Å²) in [5, 5.41) is 11.8. The van der Waals surface area contributed by atoms with E-state index in [4.69, 9.17) is 23.2 Å². The number of hydrogen-bond acceptors (Lipinski definition) is 5. The third-order valence-corrected chi connectivity index (χ3v) is 6.87. The Morgan fingerprint density at radius 3 is 2.64 bits per heavy atom. The molecule has 1 unspecified atom stereocenters. The fourth-order valence-electron chi connectivity index (χ4n) is 3.58. The molecule has 1 N–H and O–H groups in total. The zero-order valence-corrected chi connectivity index (χ0v) is 18.3. The molecular weight excluding hydrogens is 419 g/mol. The van der Waals surface area contributed by atoms with E-state index < -0.39 is 5.76 Å². The number of piperazine rings is 1. The first-order chi connectivity index (χ1) is 13.3. The van der Waals surface area contributed by atoms with Crippen molar-refractivity contribution in [3.05, 3.63) is 45.3 Å². The van der Waals surface area contributed by atoms with Gasteiger partial charge in [-0.25, -0.2) is 0 Å². The molecule has 1 atom stereocenters. The van der Waals surface area contributed by atoms with E-state index >= 15 is 0 Å². The highest BCUT2D eigenvalue weighted by Gasteiger charge is 2.41. The Labute approximate surface area is 179 Å². The summed E-state index contributed by atoms with van der Waals surface area (Å²) in [6, 6.07) is 5.21. The van der Waals surface area contributed by atoms with Gasteiger partial charge in [0.1, 0.15) is 5.70 Å². The van der Waals surface area contributed by atoms with Gasteiger partial charge in [-0.15, -0.1) is 0 Å². The molecule has 1 aromatic rings. The van der Waals surface area contributed by atoms with Gasteiger partial charge in [0, 0.05) is 32.1 Å². The molecule has 2 aliphatic rings. The normalized spacial score (nSPS) is 20.2. The van der Waals surface area contributed by atoms with E-state index in [1.54, 1.807) is 17.0 Å². The number of aliphatic hydroxyl groups is 1. The molecule has 0 bridgehead atoms. The van der Waals surface area contributed by atoms with Crippen molar-refractivity contribution in [2.75, 3.05) is 18.8 Å². The van der Waals surface area contributed by atoms with Crippen molar-refractivity contribution in [1.82, 2.24) is 9.80 Å².